The number of fused-ring (bicyclic) bond motifs is 1. The Balaban J connectivity index is 1.72. The number of nitrogens with zero attached hydrogens (tertiary/aromatic N) is 2. The Morgan fingerprint density at radius 2 is 2.00 bits per heavy atom. The smallest absolute Gasteiger partial charge is 0.345 e. The predicted molar refractivity (Wildman–Crippen MR) is 95.5 cm³/mol. The lowest BCUT2D eigenvalue weighted by Crippen LogP contribution is -2.38. The van der Waals surface area contributed by atoms with E-state index in [1.165, 1.54) is 6.07 Å². The van der Waals surface area contributed by atoms with Crippen LogP contribution in [0.25, 0.3) is 0 Å². The summed E-state index contributed by atoms with van der Waals surface area (Å²) in [6.07, 6.45) is 1.70. The second-order valence-electron chi connectivity index (χ2n) is 5.77. The molecule has 0 atom stereocenters. The third-order valence-corrected chi connectivity index (χ3v) is 4.35. The van der Waals surface area contributed by atoms with Crippen molar-refractivity contribution in [2.24, 2.45) is 0 Å². The molecule has 3 rings (SSSR count). The van der Waals surface area contributed by atoms with Gasteiger partial charge in [0.05, 0.1) is 4.92 Å². The summed E-state index contributed by atoms with van der Waals surface area (Å²) >= 11 is 5.80. The molecule has 1 amide bonds. The molecule has 0 bridgehead atoms. The largest absolute Gasteiger partial charge is 0.452 e. The molecule has 2 aromatic rings. The molecule has 0 saturated heterocycles. The number of anilines is 1. The molecule has 26 heavy (non-hydrogen) atoms. The number of rotatable bonds is 4. The highest BCUT2D eigenvalue weighted by molar-refractivity contribution is 6.31. The monoisotopic (exact) mass is 374 g/mol. The third-order valence-electron chi connectivity index (χ3n) is 4.11. The maximum Gasteiger partial charge on any atom is 0.345 e. The molecule has 1 aliphatic rings. The topological polar surface area (TPSA) is 89.8 Å². The molecular weight excluding hydrogens is 360 g/mol. The van der Waals surface area contributed by atoms with Crippen LogP contribution in [0.5, 0.6) is 0 Å². The summed E-state index contributed by atoms with van der Waals surface area (Å²) in [6, 6.07) is 11.1. The van der Waals surface area contributed by atoms with Gasteiger partial charge in [-0.3, -0.25) is 14.9 Å². The van der Waals surface area contributed by atoms with Gasteiger partial charge in [0.15, 0.2) is 6.61 Å². The molecule has 0 fully saturated rings. The van der Waals surface area contributed by atoms with Gasteiger partial charge in [-0.2, -0.15) is 0 Å². The summed E-state index contributed by atoms with van der Waals surface area (Å²) < 4.78 is 5.01. The molecular formula is C18H15ClN2O5. The van der Waals surface area contributed by atoms with E-state index in [-0.39, 0.29) is 16.5 Å². The van der Waals surface area contributed by atoms with Crippen LogP contribution in [-0.2, 0) is 16.0 Å². The van der Waals surface area contributed by atoms with Crippen molar-refractivity contribution < 1.29 is 19.2 Å². The van der Waals surface area contributed by atoms with Gasteiger partial charge < -0.3 is 9.64 Å². The second kappa shape index (κ2) is 7.53. The van der Waals surface area contributed by atoms with Crippen LogP contribution in [0.1, 0.15) is 22.3 Å². The number of ether oxygens (including phenoxy) is 1. The standard InChI is InChI=1S/C18H15ClN2O5/c19-13-7-8-16(21(24)25)14(10-13)18(23)26-11-17(22)20-9-3-5-12-4-1-2-6-15(12)20/h1-2,4,6-8,10H,3,5,9,11H2. The molecule has 0 unspecified atom stereocenters. The van der Waals surface area contributed by atoms with Crippen molar-refractivity contribution >= 4 is 34.9 Å². The number of carbonyl (C=O) groups excluding carboxylic acids is 2. The first kappa shape index (κ1) is 17.9. The Morgan fingerprint density at radius 3 is 2.77 bits per heavy atom. The Kier molecular flexibility index (Phi) is 5.18. The van der Waals surface area contributed by atoms with E-state index >= 15 is 0 Å². The van der Waals surface area contributed by atoms with Crippen LogP contribution in [0.4, 0.5) is 11.4 Å². The molecule has 2 aromatic carbocycles. The van der Waals surface area contributed by atoms with E-state index in [9.17, 15) is 19.7 Å². The Hall–Kier alpha value is -2.93. The first-order valence-corrected chi connectivity index (χ1v) is 8.34. The van der Waals surface area contributed by atoms with Crippen molar-refractivity contribution in [3.8, 4) is 0 Å². The van der Waals surface area contributed by atoms with Crippen LogP contribution in [0.2, 0.25) is 5.02 Å². The molecule has 1 heterocycles. The van der Waals surface area contributed by atoms with E-state index in [1.54, 1.807) is 4.90 Å². The van der Waals surface area contributed by atoms with Crippen molar-refractivity contribution in [1.82, 2.24) is 0 Å². The molecule has 1 aliphatic heterocycles. The molecule has 134 valence electrons. The van der Waals surface area contributed by atoms with Crippen molar-refractivity contribution in [2.45, 2.75) is 12.8 Å². The van der Waals surface area contributed by atoms with E-state index in [1.807, 2.05) is 24.3 Å². The van der Waals surface area contributed by atoms with Crippen LogP contribution in [0.3, 0.4) is 0 Å². The number of para-hydroxylation sites is 1. The number of carbonyl (C=O) groups is 2. The maximum atomic E-state index is 12.5. The van der Waals surface area contributed by atoms with Crippen LogP contribution in [-0.4, -0.2) is 30.0 Å². The van der Waals surface area contributed by atoms with Gasteiger partial charge in [0, 0.05) is 23.3 Å². The van der Waals surface area contributed by atoms with Crippen LogP contribution in [0.15, 0.2) is 42.5 Å². The molecule has 0 aliphatic carbocycles. The fourth-order valence-electron chi connectivity index (χ4n) is 2.91. The number of amides is 1. The number of nitro benzene ring substituents is 1. The predicted octanol–water partition coefficient (Wildman–Crippen LogP) is 3.38. The number of aryl methyl sites for hydroxylation is 1. The minimum atomic E-state index is -0.960. The Bertz CT molecular complexity index is 884. The van der Waals surface area contributed by atoms with Gasteiger partial charge in [0.2, 0.25) is 0 Å². The summed E-state index contributed by atoms with van der Waals surface area (Å²) in [4.78, 5) is 36.6. The highest BCUT2D eigenvalue weighted by Crippen LogP contribution is 2.27. The number of halogens is 1. The number of nitro groups is 1. The number of benzene rings is 2. The maximum absolute atomic E-state index is 12.5. The van der Waals surface area contributed by atoms with Crippen LogP contribution in [0, 0.1) is 10.1 Å². The quantitative estimate of drug-likeness (QED) is 0.465. The third kappa shape index (κ3) is 3.67. The SMILES string of the molecule is O=C(OCC(=O)N1CCCc2ccccc21)c1cc(Cl)ccc1[N+](=O)[O-]. The summed E-state index contributed by atoms with van der Waals surface area (Å²) in [5.41, 5.74) is 1.15. The average molecular weight is 375 g/mol. The summed E-state index contributed by atoms with van der Waals surface area (Å²) in [5.74, 6) is -1.34. The highest BCUT2D eigenvalue weighted by atomic mass is 35.5. The summed E-state index contributed by atoms with van der Waals surface area (Å²) in [5, 5.41) is 11.2. The Morgan fingerprint density at radius 1 is 1.23 bits per heavy atom. The minimum Gasteiger partial charge on any atom is -0.452 e. The normalized spacial score (nSPS) is 13.0. The number of hydrogen-bond donors (Lipinski definition) is 0. The molecule has 0 aromatic heterocycles. The zero-order valence-electron chi connectivity index (χ0n) is 13.7. The van der Waals surface area contributed by atoms with Gasteiger partial charge in [0.25, 0.3) is 11.6 Å². The summed E-state index contributed by atoms with van der Waals surface area (Å²) in [6.45, 7) is 0.0293. The molecule has 7 nitrogen and oxygen atoms in total. The lowest BCUT2D eigenvalue weighted by atomic mass is 10.0. The molecule has 0 spiro atoms. The van der Waals surface area contributed by atoms with E-state index < -0.39 is 23.2 Å². The van der Waals surface area contributed by atoms with Gasteiger partial charge in [-0.05, 0) is 36.6 Å². The fourth-order valence-corrected chi connectivity index (χ4v) is 3.08. The summed E-state index contributed by atoms with van der Waals surface area (Å²) in [7, 11) is 0. The zero-order valence-corrected chi connectivity index (χ0v) is 14.4. The van der Waals surface area contributed by atoms with Crippen molar-refractivity contribution in [1.29, 1.82) is 0 Å². The van der Waals surface area contributed by atoms with Crippen molar-refractivity contribution in [3.63, 3.8) is 0 Å². The first-order chi connectivity index (χ1) is 12.5. The lowest BCUT2D eigenvalue weighted by molar-refractivity contribution is -0.385. The van der Waals surface area contributed by atoms with Gasteiger partial charge in [-0.15, -0.1) is 0 Å². The fraction of sp³-hybridized carbons (Fsp3) is 0.222. The van der Waals surface area contributed by atoms with Crippen LogP contribution < -0.4 is 4.90 Å². The van der Waals surface area contributed by atoms with Crippen molar-refractivity contribution in [3.05, 3.63) is 68.7 Å². The van der Waals surface area contributed by atoms with E-state index in [4.69, 9.17) is 16.3 Å². The van der Waals surface area contributed by atoms with Gasteiger partial charge in [-0.25, -0.2) is 4.79 Å². The van der Waals surface area contributed by atoms with E-state index in [2.05, 4.69) is 0 Å². The second-order valence-corrected chi connectivity index (χ2v) is 6.21. The molecule has 8 heteroatoms. The highest BCUT2D eigenvalue weighted by Gasteiger charge is 2.26. The first-order valence-electron chi connectivity index (χ1n) is 7.96. The van der Waals surface area contributed by atoms with Gasteiger partial charge >= 0.3 is 5.97 Å². The molecule has 0 saturated carbocycles. The Labute approximate surface area is 154 Å². The average Bonchev–Trinajstić information content (AvgIpc) is 2.65. The number of hydrogen-bond acceptors (Lipinski definition) is 5. The zero-order chi connectivity index (χ0) is 18.7. The van der Waals surface area contributed by atoms with Gasteiger partial charge in [0.1, 0.15) is 5.56 Å². The molecule has 0 radical (unpaired) electrons. The van der Waals surface area contributed by atoms with E-state index in [0.717, 1.165) is 36.2 Å². The van der Waals surface area contributed by atoms with Crippen LogP contribution >= 0.6 is 11.6 Å². The minimum absolute atomic E-state index is 0.166. The van der Waals surface area contributed by atoms with Gasteiger partial charge in [-0.1, -0.05) is 29.8 Å². The van der Waals surface area contributed by atoms with E-state index in [0.29, 0.717) is 6.54 Å². The van der Waals surface area contributed by atoms with Crippen molar-refractivity contribution in [2.75, 3.05) is 18.1 Å². The number of esters is 1. The molecule has 0 N–H and O–H groups in total. The lowest BCUT2D eigenvalue weighted by Gasteiger charge is -2.29.